The molecular formula is C24H24FN5O2. The Hall–Kier alpha value is -3.81. The summed E-state index contributed by atoms with van der Waals surface area (Å²) in [6.07, 6.45) is 0.226. The molecule has 0 fully saturated rings. The highest BCUT2D eigenvalue weighted by molar-refractivity contribution is 5.90. The number of amides is 1. The van der Waals surface area contributed by atoms with Gasteiger partial charge in [-0.3, -0.25) is 14.2 Å². The van der Waals surface area contributed by atoms with Crippen LogP contribution in [0.25, 0.3) is 16.9 Å². The second-order valence-electron chi connectivity index (χ2n) is 7.63. The summed E-state index contributed by atoms with van der Waals surface area (Å²) in [4.78, 5) is 30.1. The molecule has 2 aromatic heterocycles. The number of fused-ring (bicyclic) bond motifs is 1. The molecule has 0 unspecified atom stereocenters. The molecule has 8 heteroatoms. The third kappa shape index (κ3) is 4.03. The highest BCUT2D eigenvalue weighted by Crippen LogP contribution is 2.20. The first-order valence-electron chi connectivity index (χ1n) is 10.5. The van der Waals surface area contributed by atoms with Crippen molar-refractivity contribution in [2.24, 2.45) is 0 Å². The minimum Gasteiger partial charge on any atom is -0.326 e. The third-order valence-electron chi connectivity index (χ3n) is 5.36. The summed E-state index contributed by atoms with van der Waals surface area (Å²) in [5.41, 5.74) is 3.75. The molecule has 0 aliphatic rings. The molecule has 4 aromatic rings. The molecule has 0 radical (unpaired) electrons. The second kappa shape index (κ2) is 8.74. The fourth-order valence-electron chi connectivity index (χ4n) is 3.65. The SMILES string of the molecule is CCn1c(=O)c(CCC(=O)Nc2ccc(C)c(F)c2)nc2c(C)nn(-c3ccccc3)c21. The predicted molar refractivity (Wildman–Crippen MR) is 122 cm³/mol. The molecule has 0 saturated heterocycles. The summed E-state index contributed by atoms with van der Waals surface area (Å²) < 4.78 is 17.1. The van der Waals surface area contributed by atoms with E-state index >= 15 is 0 Å². The predicted octanol–water partition coefficient (Wildman–Crippen LogP) is 3.93. The van der Waals surface area contributed by atoms with Gasteiger partial charge < -0.3 is 5.32 Å². The largest absolute Gasteiger partial charge is 0.326 e. The molecule has 4 rings (SSSR count). The first kappa shape index (κ1) is 21.4. The Balaban J connectivity index is 1.63. The lowest BCUT2D eigenvalue weighted by atomic mass is 10.2. The van der Waals surface area contributed by atoms with Crippen LogP contribution in [0, 0.1) is 19.7 Å². The van der Waals surface area contributed by atoms with Crippen molar-refractivity contribution >= 4 is 22.8 Å². The minimum absolute atomic E-state index is 0.0544. The molecule has 0 bridgehead atoms. The zero-order valence-corrected chi connectivity index (χ0v) is 18.2. The van der Waals surface area contributed by atoms with Crippen molar-refractivity contribution in [2.75, 3.05) is 5.32 Å². The topological polar surface area (TPSA) is 81.8 Å². The number of aryl methyl sites for hydroxylation is 4. The van der Waals surface area contributed by atoms with Crippen molar-refractivity contribution in [3.63, 3.8) is 0 Å². The van der Waals surface area contributed by atoms with Crippen LogP contribution in [0.5, 0.6) is 0 Å². The fourth-order valence-corrected chi connectivity index (χ4v) is 3.65. The van der Waals surface area contributed by atoms with Crippen molar-refractivity contribution in [3.8, 4) is 5.69 Å². The fraction of sp³-hybridized carbons (Fsp3) is 0.250. The van der Waals surface area contributed by atoms with Gasteiger partial charge in [-0.2, -0.15) is 5.10 Å². The lowest BCUT2D eigenvalue weighted by Gasteiger charge is -2.11. The summed E-state index contributed by atoms with van der Waals surface area (Å²) >= 11 is 0. The van der Waals surface area contributed by atoms with E-state index in [2.05, 4.69) is 15.4 Å². The zero-order valence-electron chi connectivity index (χ0n) is 18.2. The van der Waals surface area contributed by atoms with E-state index in [9.17, 15) is 14.0 Å². The van der Waals surface area contributed by atoms with E-state index in [4.69, 9.17) is 0 Å². The van der Waals surface area contributed by atoms with Crippen molar-refractivity contribution in [1.29, 1.82) is 0 Å². The van der Waals surface area contributed by atoms with Gasteiger partial charge in [0.15, 0.2) is 5.65 Å². The zero-order chi connectivity index (χ0) is 22.8. The van der Waals surface area contributed by atoms with E-state index in [-0.39, 0.29) is 30.1 Å². The lowest BCUT2D eigenvalue weighted by Crippen LogP contribution is -2.27. The standard InChI is InChI=1S/C24H24FN5O2/c1-4-29-23-22(16(3)28-30(23)18-8-6-5-7-9-18)27-20(24(29)32)12-13-21(31)26-17-11-10-15(2)19(25)14-17/h5-11,14H,4,12-13H2,1-3H3,(H,26,31). The van der Waals surface area contributed by atoms with Crippen molar-refractivity contribution < 1.29 is 9.18 Å². The Morgan fingerprint density at radius 3 is 2.56 bits per heavy atom. The van der Waals surface area contributed by atoms with Gasteiger partial charge in [-0.05, 0) is 50.6 Å². The molecule has 0 aliphatic heterocycles. The molecule has 1 N–H and O–H groups in total. The second-order valence-corrected chi connectivity index (χ2v) is 7.63. The molecule has 7 nitrogen and oxygen atoms in total. The summed E-state index contributed by atoms with van der Waals surface area (Å²) in [6, 6.07) is 14.1. The maximum Gasteiger partial charge on any atom is 0.273 e. The Labute approximate surface area is 184 Å². The summed E-state index contributed by atoms with van der Waals surface area (Å²) in [6.45, 7) is 5.84. The number of hydrogen-bond acceptors (Lipinski definition) is 4. The number of rotatable bonds is 6. The monoisotopic (exact) mass is 433 g/mol. The first-order valence-corrected chi connectivity index (χ1v) is 10.5. The normalized spacial score (nSPS) is 11.1. The first-order chi connectivity index (χ1) is 15.4. The van der Waals surface area contributed by atoms with E-state index in [0.717, 1.165) is 5.69 Å². The van der Waals surface area contributed by atoms with Gasteiger partial charge in [0.1, 0.15) is 17.0 Å². The van der Waals surface area contributed by atoms with Crippen LogP contribution in [0.3, 0.4) is 0 Å². The Morgan fingerprint density at radius 1 is 1.12 bits per heavy atom. The van der Waals surface area contributed by atoms with E-state index in [1.807, 2.05) is 44.2 Å². The van der Waals surface area contributed by atoms with Crippen LogP contribution in [0.15, 0.2) is 53.3 Å². The number of halogens is 1. The minimum atomic E-state index is -0.383. The van der Waals surface area contributed by atoms with Crippen LogP contribution in [-0.4, -0.2) is 25.2 Å². The maximum absolute atomic E-state index is 13.7. The summed E-state index contributed by atoms with van der Waals surface area (Å²) in [7, 11) is 0. The van der Waals surface area contributed by atoms with Crippen molar-refractivity contribution in [1.82, 2.24) is 19.3 Å². The molecule has 0 saturated carbocycles. The molecule has 164 valence electrons. The molecular weight excluding hydrogens is 409 g/mol. The average Bonchev–Trinajstić information content (AvgIpc) is 3.11. The van der Waals surface area contributed by atoms with E-state index in [0.29, 0.717) is 40.3 Å². The van der Waals surface area contributed by atoms with Gasteiger partial charge in [-0.25, -0.2) is 14.1 Å². The number of anilines is 1. The molecule has 0 spiro atoms. The van der Waals surface area contributed by atoms with Crippen molar-refractivity contribution in [3.05, 3.63) is 81.7 Å². The van der Waals surface area contributed by atoms with Gasteiger partial charge in [0, 0.05) is 25.1 Å². The molecule has 0 aliphatic carbocycles. The molecule has 32 heavy (non-hydrogen) atoms. The quantitative estimate of drug-likeness (QED) is 0.500. The van der Waals surface area contributed by atoms with Gasteiger partial charge in [-0.1, -0.05) is 24.3 Å². The van der Waals surface area contributed by atoms with E-state index in [1.165, 1.54) is 6.07 Å². The molecule has 1 amide bonds. The van der Waals surface area contributed by atoms with Crippen LogP contribution in [0.4, 0.5) is 10.1 Å². The molecule has 2 aromatic carbocycles. The summed E-state index contributed by atoms with van der Waals surface area (Å²) in [5, 5.41) is 7.27. The molecule has 2 heterocycles. The Bertz CT molecular complexity index is 1360. The number of nitrogens with zero attached hydrogens (tertiary/aromatic N) is 4. The Kier molecular flexibility index (Phi) is 5.85. The Morgan fingerprint density at radius 2 is 1.88 bits per heavy atom. The number of carbonyl (C=O) groups is 1. The van der Waals surface area contributed by atoms with Crippen LogP contribution in [0.2, 0.25) is 0 Å². The number of para-hydroxylation sites is 1. The van der Waals surface area contributed by atoms with Crippen molar-refractivity contribution in [2.45, 2.75) is 40.2 Å². The maximum atomic E-state index is 13.7. The van der Waals surface area contributed by atoms with Gasteiger partial charge >= 0.3 is 0 Å². The van der Waals surface area contributed by atoms with Crippen LogP contribution in [0.1, 0.15) is 30.3 Å². The number of aromatic nitrogens is 4. The highest BCUT2D eigenvalue weighted by Gasteiger charge is 2.19. The van der Waals surface area contributed by atoms with Gasteiger partial charge in [0.05, 0.1) is 11.4 Å². The number of carbonyl (C=O) groups excluding carboxylic acids is 1. The van der Waals surface area contributed by atoms with E-state index in [1.54, 1.807) is 28.3 Å². The third-order valence-corrected chi connectivity index (χ3v) is 5.36. The van der Waals surface area contributed by atoms with Crippen LogP contribution < -0.4 is 10.9 Å². The average molecular weight is 433 g/mol. The lowest BCUT2D eigenvalue weighted by molar-refractivity contribution is -0.116. The van der Waals surface area contributed by atoms with Gasteiger partial charge in [0.25, 0.3) is 5.56 Å². The summed E-state index contributed by atoms with van der Waals surface area (Å²) in [5.74, 6) is -0.694. The highest BCUT2D eigenvalue weighted by atomic mass is 19.1. The van der Waals surface area contributed by atoms with Gasteiger partial charge in [0.2, 0.25) is 5.91 Å². The van der Waals surface area contributed by atoms with Crippen LogP contribution in [-0.2, 0) is 17.8 Å². The van der Waals surface area contributed by atoms with Crippen LogP contribution >= 0.6 is 0 Å². The number of nitrogens with one attached hydrogen (secondary N) is 1. The van der Waals surface area contributed by atoms with Gasteiger partial charge in [-0.15, -0.1) is 0 Å². The smallest absolute Gasteiger partial charge is 0.273 e. The number of benzene rings is 2. The number of hydrogen-bond donors (Lipinski definition) is 1. The van der Waals surface area contributed by atoms with E-state index < -0.39 is 0 Å². The molecule has 0 atom stereocenters.